The van der Waals surface area contributed by atoms with Gasteiger partial charge in [0.05, 0.1) is 12.1 Å². The smallest absolute Gasteiger partial charge is 0.272 e. The third-order valence-electron chi connectivity index (χ3n) is 2.79. The predicted molar refractivity (Wildman–Crippen MR) is 78.5 cm³/mol. The van der Waals surface area contributed by atoms with Crippen LogP contribution in [0.5, 0.6) is 0 Å². The van der Waals surface area contributed by atoms with E-state index >= 15 is 0 Å². The lowest BCUT2D eigenvalue weighted by atomic mass is 10.2. The van der Waals surface area contributed by atoms with E-state index in [-0.39, 0.29) is 5.91 Å². The van der Waals surface area contributed by atoms with Crippen molar-refractivity contribution in [1.29, 1.82) is 0 Å². The number of fused-ring (bicyclic) bond motifs is 1. The largest absolute Gasteiger partial charge is 0.399 e. The molecule has 0 bridgehead atoms. The van der Waals surface area contributed by atoms with Crippen molar-refractivity contribution in [2.24, 2.45) is 5.92 Å². The summed E-state index contributed by atoms with van der Waals surface area (Å²) >= 11 is 0. The van der Waals surface area contributed by atoms with E-state index in [2.05, 4.69) is 29.4 Å². The van der Waals surface area contributed by atoms with Crippen molar-refractivity contribution in [1.82, 2.24) is 15.5 Å². The molecule has 0 spiro atoms. The van der Waals surface area contributed by atoms with Gasteiger partial charge in [-0.05, 0) is 24.1 Å². The number of benzene rings is 1. The lowest BCUT2D eigenvalue weighted by Gasteiger charge is -2.07. The summed E-state index contributed by atoms with van der Waals surface area (Å²) < 4.78 is 5.41. The zero-order chi connectivity index (χ0) is 14.5. The third kappa shape index (κ3) is 3.48. The summed E-state index contributed by atoms with van der Waals surface area (Å²) in [6.45, 7) is 5.81. The first-order chi connectivity index (χ1) is 9.58. The minimum atomic E-state index is -0.227. The summed E-state index contributed by atoms with van der Waals surface area (Å²) in [7, 11) is 0. The number of aromatic nitrogens is 2. The molecule has 0 aliphatic heterocycles. The molecular weight excluding hydrogens is 256 g/mol. The van der Waals surface area contributed by atoms with E-state index in [1.54, 1.807) is 18.2 Å². The van der Waals surface area contributed by atoms with Crippen molar-refractivity contribution < 1.29 is 9.53 Å². The average Bonchev–Trinajstić information content (AvgIpc) is 2.80. The molecule has 6 nitrogen and oxygen atoms in total. The van der Waals surface area contributed by atoms with E-state index < -0.39 is 0 Å². The number of hydrogen-bond acceptors (Lipinski definition) is 4. The van der Waals surface area contributed by atoms with Gasteiger partial charge in [0.15, 0.2) is 5.69 Å². The van der Waals surface area contributed by atoms with Gasteiger partial charge in [-0.1, -0.05) is 13.8 Å². The Hall–Kier alpha value is -2.08. The van der Waals surface area contributed by atoms with Crippen LogP contribution in [0.3, 0.4) is 0 Å². The number of nitrogens with two attached hydrogens (primary N) is 1. The van der Waals surface area contributed by atoms with Crippen molar-refractivity contribution in [2.45, 2.75) is 13.8 Å². The monoisotopic (exact) mass is 276 g/mol. The van der Waals surface area contributed by atoms with Crippen LogP contribution in [0.2, 0.25) is 0 Å². The molecule has 6 heteroatoms. The molecule has 0 saturated heterocycles. The van der Waals surface area contributed by atoms with Gasteiger partial charge >= 0.3 is 0 Å². The first kappa shape index (κ1) is 14.3. The van der Waals surface area contributed by atoms with Crippen molar-refractivity contribution in [3.63, 3.8) is 0 Å². The van der Waals surface area contributed by atoms with Crippen LogP contribution in [-0.2, 0) is 4.74 Å². The number of anilines is 1. The Morgan fingerprint density at radius 3 is 3.05 bits per heavy atom. The summed E-state index contributed by atoms with van der Waals surface area (Å²) in [5.74, 6) is 0.263. The Kier molecular flexibility index (Phi) is 4.57. The van der Waals surface area contributed by atoms with Crippen LogP contribution in [0.25, 0.3) is 10.9 Å². The Morgan fingerprint density at radius 1 is 1.50 bits per heavy atom. The van der Waals surface area contributed by atoms with Crippen LogP contribution in [0.1, 0.15) is 24.3 Å². The summed E-state index contributed by atoms with van der Waals surface area (Å²) in [6.07, 6.45) is 0. The fourth-order valence-electron chi connectivity index (χ4n) is 1.84. The number of amides is 1. The van der Waals surface area contributed by atoms with Crippen LogP contribution in [0.15, 0.2) is 18.2 Å². The second-order valence-corrected chi connectivity index (χ2v) is 5.10. The maximum atomic E-state index is 12.0. The average molecular weight is 276 g/mol. The molecule has 0 aliphatic rings. The molecule has 0 aliphatic carbocycles. The zero-order valence-corrected chi connectivity index (χ0v) is 11.8. The lowest BCUT2D eigenvalue weighted by molar-refractivity contribution is 0.0883. The van der Waals surface area contributed by atoms with E-state index in [1.165, 1.54) is 0 Å². The maximum absolute atomic E-state index is 12.0. The molecule has 1 aromatic heterocycles. The van der Waals surface area contributed by atoms with Crippen LogP contribution >= 0.6 is 0 Å². The molecule has 4 N–H and O–H groups in total. The number of hydrogen-bond donors (Lipinski definition) is 3. The zero-order valence-electron chi connectivity index (χ0n) is 11.8. The normalized spacial score (nSPS) is 11.2. The van der Waals surface area contributed by atoms with Crippen molar-refractivity contribution in [3.8, 4) is 0 Å². The minimum Gasteiger partial charge on any atom is -0.399 e. The summed E-state index contributed by atoms with van der Waals surface area (Å²) in [5.41, 5.74) is 7.48. The molecule has 1 amide bonds. The molecular formula is C14H20N4O2. The van der Waals surface area contributed by atoms with E-state index in [0.29, 0.717) is 37.1 Å². The first-order valence-corrected chi connectivity index (χ1v) is 6.67. The lowest BCUT2D eigenvalue weighted by Crippen LogP contribution is -2.28. The van der Waals surface area contributed by atoms with Crippen LogP contribution in [-0.4, -0.2) is 35.9 Å². The van der Waals surface area contributed by atoms with Gasteiger partial charge in [-0.2, -0.15) is 5.10 Å². The van der Waals surface area contributed by atoms with Gasteiger partial charge in [0, 0.05) is 24.2 Å². The topological polar surface area (TPSA) is 93.0 Å². The quantitative estimate of drug-likeness (QED) is 0.551. The van der Waals surface area contributed by atoms with E-state index in [4.69, 9.17) is 10.5 Å². The number of carbonyl (C=O) groups is 1. The van der Waals surface area contributed by atoms with Crippen molar-refractivity contribution in [2.75, 3.05) is 25.5 Å². The first-order valence-electron chi connectivity index (χ1n) is 6.67. The second kappa shape index (κ2) is 6.38. The number of H-pyrrole nitrogens is 1. The highest BCUT2D eigenvalue weighted by atomic mass is 16.5. The number of nitrogens with one attached hydrogen (secondary N) is 2. The van der Waals surface area contributed by atoms with Crippen LogP contribution in [0.4, 0.5) is 5.69 Å². The molecule has 0 radical (unpaired) electrons. The molecule has 2 rings (SSSR count). The number of carbonyl (C=O) groups excluding carboxylic acids is 1. The van der Waals surface area contributed by atoms with Gasteiger partial charge in [-0.15, -0.1) is 0 Å². The molecule has 108 valence electrons. The highest BCUT2D eigenvalue weighted by molar-refractivity contribution is 6.05. The van der Waals surface area contributed by atoms with Gasteiger partial charge < -0.3 is 15.8 Å². The SMILES string of the molecule is CC(C)COCCNC(=O)c1n[nH]c2ccc(N)cc12. The van der Waals surface area contributed by atoms with E-state index in [9.17, 15) is 4.79 Å². The number of rotatable bonds is 6. The fourth-order valence-corrected chi connectivity index (χ4v) is 1.84. The van der Waals surface area contributed by atoms with Crippen LogP contribution < -0.4 is 11.1 Å². The fraction of sp³-hybridized carbons (Fsp3) is 0.429. The Labute approximate surface area is 117 Å². The number of ether oxygens (including phenoxy) is 1. The molecule has 1 heterocycles. The van der Waals surface area contributed by atoms with Gasteiger partial charge in [-0.3, -0.25) is 9.89 Å². The summed E-state index contributed by atoms with van der Waals surface area (Å²) in [5, 5.41) is 10.4. The summed E-state index contributed by atoms with van der Waals surface area (Å²) in [6, 6.07) is 5.31. The van der Waals surface area contributed by atoms with Gasteiger partial charge in [-0.25, -0.2) is 0 Å². The van der Waals surface area contributed by atoms with Crippen LogP contribution in [0, 0.1) is 5.92 Å². The van der Waals surface area contributed by atoms with Gasteiger partial charge in [0.1, 0.15) is 0 Å². The highest BCUT2D eigenvalue weighted by Crippen LogP contribution is 2.18. The van der Waals surface area contributed by atoms with E-state index in [0.717, 1.165) is 10.9 Å². The summed E-state index contributed by atoms with van der Waals surface area (Å²) in [4.78, 5) is 12.0. The molecule has 0 atom stereocenters. The molecule has 0 saturated carbocycles. The van der Waals surface area contributed by atoms with Crippen molar-refractivity contribution in [3.05, 3.63) is 23.9 Å². The molecule has 20 heavy (non-hydrogen) atoms. The Balaban J connectivity index is 1.93. The van der Waals surface area contributed by atoms with Gasteiger partial charge in [0.25, 0.3) is 5.91 Å². The third-order valence-corrected chi connectivity index (χ3v) is 2.79. The molecule has 1 aromatic carbocycles. The second-order valence-electron chi connectivity index (χ2n) is 5.10. The minimum absolute atomic E-state index is 0.227. The van der Waals surface area contributed by atoms with Gasteiger partial charge in [0.2, 0.25) is 0 Å². The standard InChI is InChI=1S/C14H20N4O2/c1-9(2)8-20-6-5-16-14(19)13-11-7-10(15)3-4-12(11)17-18-13/h3-4,7,9H,5-6,8,15H2,1-2H3,(H,16,19)(H,17,18). The Bertz CT molecular complexity index is 592. The number of nitrogens with zero attached hydrogens (tertiary/aromatic N) is 1. The number of nitrogen functional groups attached to an aromatic ring is 1. The van der Waals surface area contributed by atoms with Crippen molar-refractivity contribution >= 4 is 22.5 Å². The molecule has 2 aromatic rings. The molecule has 0 fully saturated rings. The molecule has 0 unspecified atom stereocenters. The van der Waals surface area contributed by atoms with E-state index in [1.807, 2.05) is 0 Å². The Morgan fingerprint density at radius 2 is 2.30 bits per heavy atom. The highest BCUT2D eigenvalue weighted by Gasteiger charge is 2.13. The number of aromatic amines is 1. The maximum Gasteiger partial charge on any atom is 0.272 e. The predicted octanol–water partition coefficient (Wildman–Crippen LogP) is 1.55.